The van der Waals surface area contributed by atoms with Gasteiger partial charge in [-0.15, -0.1) is 0 Å². The maximum absolute atomic E-state index is 6.29. The summed E-state index contributed by atoms with van der Waals surface area (Å²) in [6.45, 7) is 0. The molecule has 6 N–H and O–H groups in total. The molecule has 0 radical (unpaired) electrons. The SMILES string of the molecule is Nc1cncc(-c2cc(-c3cccnc3)cc(-c3cc(-c4cc(-c5cccnc5)cc(-c5cncc(N)c5)c4)cc(-c4cc(-c5cccnc5)cc(-c5cncc(N)c5)c4)c3)c2)c1. The Hall–Kier alpha value is -8.82. The zero-order valence-corrected chi connectivity index (χ0v) is 34.0. The van der Waals surface area contributed by atoms with Crippen molar-refractivity contribution in [2.24, 2.45) is 0 Å². The van der Waals surface area contributed by atoms with Gasteiger partial charge in [0.25, 0.3) is 0 Å². The molecule has 0 atom stereocenters. The van der Waals surface area contributed by atoms with E-state index < -0.39 is 0 Å². The minimum atomic E-state index is 0.587. The summed E-state index contributed by atoms with van der Waals surface area (Å²) in [6, 6.07) is 44.4. The third-order valence-corrected chi connectivity index (χ3v) is 11.0. The fourth-order valence-electron chi connectivity index (χ4n) is 7.96. The quantitative estimate of drug-likeness (QED) is 0.129. The molecule has 0 saturated carbocycles. The highest BCUT2D eigenvalue weighted by atomic mass is 14.7. The smallest absolute Gasteiger partial charge is 0.0506 e. The Morgan fingerprint density at radius 3 is 0.619 bits per heavy atom. The van der Waals surface area contributed by atoms with Crippen LogP contribution < -0.4 is 17.2 Å². The number of nitrogen functional groups attached to an aromatic ring is 3. The third-order valence-electron chi connectivity index (χ3n) is 11.0. The van der Waals surface area contributed by atoms with Crippen molar-refractivity contribution < 1.29 is 0 Å². The van der Waals surface area contributed by atoms with E-state index >= 15 is 0 Å². The molecule has 0 bridgehead atoms. The Morgan fingerprint density at radius 1 is 0.206 bits per heavy atom. The second-order valence-electron chi connectivity index (χ2n) is 15.4. The molecular formula is C54H39N9. The Bertz CT molecular complexity index is 2900. The molecule has 9 heteroatoms. The fraction of sp³-hybridized carbons (Fsp3) is 0. The van der Waals surface area contributed by atoms with Gasteiger partial charge in [-0.1, -0.05) is 18.2 Å². The van der Waals surface area contributed by atoms with Crippen LogP contribution in [-0.4, -0.2) is 29.9 Å². The van der Waals surface area contributed by atoms with Gasteiger partial charge in [-0.3, -0.25) is 29.9 Å². The van der Waals surface area contributed by atoms with Crippen LogP contribution >= 0.6 is 0 Å². The summed E-state index contributed by atoms with van der Waals surface area (Å²) >= 11 is 0. The van der Waals surface area contributed by atoms with Crippen molar-refractivity contribution in [2.75, 3.05) is 17.2 Å². The number of pyridine rings is 6. The van der Waals surface area contributed by atoms with Gasteiger partial charge in [-0.05, 0) is 176 Å². The normalized spacial score (nSPS) is 11.0. The van der Waals surface area contributed by atoms with Gasteiger partial charge in [-0.25, -0.2) is 0 Å². The van der Waals surface area contributed by atoms with Crippen molar-refractivity contribution in [3.63, 3.8) is 0 Å². The molecule has 9 nitrogen and oxygen atoms in total. The lowest BCUT2D eigenvalue weighted by molar-refractivity contribution is 1.32. The summed E-state index contributed by atoms with van der Waals surface area (Å²) in [6.07, 6.45) is 21.5. The molecular weight excluding hydrogens is 775 g/mol. The van der Waals surface area contributed by atoms with Crippen LogP contribution in [0.1, 0.15) is 0 Å². The molecule has 0 fully saturated rings. The molecule has 10 rings (SSSR count). The molecule has 63 heavy (non-hydrogen) atoms. The third kappa shape index (κ3) is 8.35. The molecule has 300 valence electrons. The zero-order chi connectivity index (χ0) is 42.7. The Morgan fingerprint density at radius 2 is 0.413 bits per heavy atom. The number of nitrogens with two attached hydrogens (primary N) is 3. The molecule has 0 aliphatic carbocycles. The van der Waals surface area contributed by atoms with Gasteiger partial charge in [0.2, 0.25) is 0 Å². The van der Waals surface area contributed by atoms with E-state index in [0.717, 1.165) is 100 Å². The highest BCUT2D eigenvalue weighted by Crippen LogP contribution is 2.41. The zero-order valence-electron chi connectivity index (χ0n) is 34.0. The fourth-order valence-corrected chi connectivity index (χ4v) is 7.96. The number of hydrogen-bond donors (Lipinski definition) is 3. The first-order chi connectivity index (χ1) is 30.9. The minimum absolute atomic E-state index is 0.587. The number of aromatic nitrogens is 6. The summed E-state index contributed by atoms with van der Waals surface area (Å²) in [5.41, 5.74) is 38.3. The van der Waals surface area contributed by atoms with Gasteiger partial charge in [0, 0.05) is 108 Å². The lowest BCUT2D eigenvalue weighted by Gasteiger charge is -2.17. The molecule has 6 heterocycles. The van der Waals surface area contributed by atoms with Gasteiger partial charge in [0.1, 0.15) is 0 Å². The van der Waals surface area contributed by atoms with Crippen molar-refractivity contribution in [2.45, 2.75) is 0 Å². The van der Waals surface area contributed by atoms with Gasteiger partial charge in [0.15, 0.2) is 0 Å². The van der Waals surface area contributed by atoms with E-state index in [0.29, 0.717) is 17.1 Å². The maximum Gasteiger partial charge on any atom is 0.0506 e. The molecule has 0 aliphatic heterocycles. The molecule has 0 spiro atoms. The second kappa shape index (κ2) is 16.7. The summed E-state index contributed by atoms with van der Waals surface area (Å²) < 4.78 is 0. The summed E-state index contributed by atoms with van der Waals surface area (Å²) in [4.78, 5) is 26.7. The molecule has 0 saturated heterocycles. The standard InChI is InChI=1S/C54H39N9/c55-52-22-49(28-61-31-52)46-13-37(34-4-1-7-58-25-34)10-40(19-46)43-16-44(41-11-38(35-5-2-8-59-26-35)14-47(20-41)50-23-53(56)32-62-29-50)18-45(17-43)42-12-39(36-6-3-9-60-27-36)15-48(21-42)51-24-54(57)33-63-30-51/h1-33H,55-57H2. The first-order valence-corrected chi connectivity index (χ1v) is 20.3. The second-order valence-corrected chi connectivity index (χ2v) is 15.4. The molecule has 0 aliphatic rings. The first kappa shape index (κ1) is 38.4. The Labute approximate surface area is 364 Å². The van der Waals surface area contributed by atoms with Gasteiger partial charge in [0.05, 0.1) is 17.1 Å². The number of rotatable bonds is 9. The van der Waals surface area contributed by atoms with Gasteiger partial charge in [-0.2, -0.15) is 0 Å². The van der Waals surface area contributed by atoms with Crippen LogP contribution in [0, 0.1) is 0 Å². The summed E-state index contributed by atoms with van der Waals surface area (Å²) in [5, 5.41) is 0. The van der Waals surface area contributed by atoms with Crippen LogP contribution in [0.4, 0.5) is 17.1 Å². The van der Waals surface area contributed by atoms with E-state index in [4.69, 9.17) is 17.2 Å². The number of nitrogens with zero attached hydrogens (tertiary/aromatic N) is 6. The molecule has 6 aromatic heterocycles. The van der Waals surface area contributed by atoms with E-state index in [1.807, 2.05) is 73.6 Å². The van der Waals surface area contributed by atoms with Crippen LogP contribution in [-0.2, 0) is 0 Å². The van der Waals surface area contributed by atoms with E-state index in [1.54, 1.807) is 37.2 Å². The van der Waals surface area contributed by atoms with Crippen LogP contribution in [0.15, 0.2) is 202 Å². The first-order valence-electron chi connectivity index (χ1n) is 20.3. The minimum Gasteiger partial charge on any atom is -0.397 e. The topological polar surface area (TPSA) is 155 Å². The summed E-state index contributed by atoms with van der Waals surface area (Å²) in [5.74, 6) is 0. The molecule has 0 unspecified atom stereocenters. The highest BCUT2D eigenvalue weighted by molar-refractivity contribution is 5.90. The number of benzene rings is 4. The Kier molecular flexibility index (Phi) is 10.2. The lowest BCUT2D eigenvalue weighted by Crippen LogP contribution is -1.93. The lowest BCUT2D eigenvalue weighted by atomic mass is 9.87. The van der Waals surface area contributed by atoms with Crippen molar-refractivity contribution in [1.29, 1.82) is 0 Å². The van der Waals surface area contributed by atoms with E-state index in [1.165, 1.54) is 0 Å². The Balaban J connectivity index is 1.25. The van der Waals surface area contributed by atoms with Crippen LogP contribution in [0.5, 0.6) is 0 Å². The van der Waals surface area contributed by atoms with Crippen LogP contribution in [0.3, 0.4) is 0 Å². The molecule has 0 amide bonds. The largest absolute Gasteiger partial charge is 0.397 e. The predicted octanol–water partition coefficient (Wildman–Crippen LogP) is 11.8. The van der Waals surface area contributed by atoms with Gasteiger partial charge < -0.3 is 17.2 Å². The van der Waals surface area contributed by atoms with E-state index in [-0.39, 0.29) is 0 Å². The molecule has 10 aromatic rings. The molecule has 4 aromatic carbocycles. The average Bonchev–Trinajstić information content (AvgIpc) is 3.34. The van der Waals surface area contributed by atoms with Gasteiger partial charge >= 0.3 is 0 Å². The van der Waals surface area contributed by atoms with Crippen LogP contribution in [0.2, 0.25) is 0 Å². The number of anilines is 3. The van der Waals surface area contributed by atoms with E-state index in [9.17, 15) is 0 Å². The number of hydrogen-bond acceptors (Lipinski definition) is 9. The van der Waals surface area contributed by atoms with Crippen molar-refractivity contribution in [3.8, 4) is 100 Å². The highest BCUT2D eigenvalue weighted by Gasteiger charge is 2.16. The predicted molar refractivity (Wildman–Crippen MR) is 255 cm³/mol. The van der Waals surface area contributed by atoms with Crippen molar-refractivity contribution in [1.82, 2.24) is 29.9 Å². The monoisotopic (exact) mass is 813 g/mol. The van der Waals surface area contributed by atoms with E-state index in [2.05, 4.69) is 121 Å². The van der Waals surface area contributed by atoms with Crippen molar-refractivity contribution in [3.05, 3.63) is 202 Å². The van der Waals surface area contributed by atoms with Crippen molar-refractivity contribution >= 4 is 17.1 Å². The summed E-state index contributed by atoms with van der Waals surface area (Å²) in [7, 11) is 0. The van der Waals surface area contributed by atoms with Crippen LogP contribution in [0.25, 0.3) is 100 Å². The maximum atomic E-state index is 6.29. The average molecular weight is 814 g/mol.